The third-order valence-corrected chi connectivity index (χ3v) is 2.88. The lowest BCUT2D eigenvalue weighted by Gasteiger charge is -2.12. The summed E-state index contributed by atoms with van der Waals surface area (Å²) in [5.74, 6) is 1.38. The SMILES string of the molecule is [C-]#[N+]c1ccc(Oc2cccc([N+]#[C-])c2C)c(C)c1. The summed E-state index contributed by atoms with van der Waals surface area (Å²) in [5, 5.41) is 0. The van der Waals surface area contributed by atoms with Crippen molar-refractivity contribution in [2.45, 2.75) is 13.8 Å². The van der Waals surface area contributed by atoms with Crippen LogP contribution >= 0.6 is 0 Å². The monoisotopic (exact) mass is 248 g/mol. The first-order valence-electron chi connectivity index (χ1n) is 5.78. The van der Waals surface area contributed by atoms with E-state index in [9.17, 15) is 0 Å². The van der Waals surface area contributed by atoms with Gasteiger partial charge in [0.25, 0.3) is 0 Å². The topological polar surface area (TPSA) is 17.9 Å². The second kappa shape index (κ2) is 5.25. The normalized spacial score (nSPS) is 9.47. The van der Waals surface area contributed by atoms with Crippen LogP contribution in [0.25, 0.3) is 9.69 Å². The number of nitrogens with zero attached hydrogens (tertiary/aromatic N) is 2. The van der Waals surface area contributed by atoms with Crippen molar-refractivity contribution in [3.8, 4) is 11.5 Å². The fourth-order valence-corrected chi connectivity index (χ4v) is 1.77. The molecule has 3 nitrogen and oxygen atoms in total. The van der Waals surface area contributed by atoms with Gasteiger partial charge in [-0.2, -0.15) is 0 Å². The quantitative estimate of drug-likeness (QED) is 0.668. The van der Waals surface area contributed by atoms with Gasteiger partial charge in [0, 0.05) is 0 Å². The Balaban J connectivity index is 2.38. The molecule has 92 valence electrons. The van der Waals surface area contributed by atoms with E-state index >= 15 is 0 Å². The predicted molar refractivity (Wildman–Crippen MR) is 75.0 cm³/mol. The molecule has 0 aliphatic rings. The zero-order valence-corrected chi connectivity index (χ0v) is 10.8. The first-order chi connectivity index (χ1) is 9.15. The van der Waals surface area contributed by atoms with Crippen molar-refractivity contribution >= 4 is 11.4 Å². The molecule has 0 spiro atoms. The number of ether oxygens (including phenoxy) is 1. The molecule has 2 aromatic carbocycles. The van der Waals surface area contributed by atoms with Crippen LogP contribution in [0, 0.1) is 27.0 Å². The van der Waals surface area contributed by atoms with E-state index in [1.807, 2.05) is 19.9 Å². The Hall–Kier alpha value is -2.78. The Morgan fingerprint density at radius 3 is 2.37 bits per heavy atom. The largest absolute Gasteiger partial charge is 0.458 e. The highest BCUT2D eigenvalue weighted by molar-refractivity contribution is 5.59. The lowest BCUT2D eigenvalue weighted by Crippen LogP contribution is -1.89. The van der Waals surface area contributed by atoms with Gasteiger partial charge in [-0.3, -0.25) is 0 Å². The molecule has 2 rings (SSSR count). The van der Waals surface area contributed by atoms with Crippen LogP contribution in [0.1, 0.15) is 11.1 Å². The molecule has 0 atom stereocenters. The van der Waals surface area contributed by atoms with Crippen LogP contribution < -0.4 is 4.74 Å². The summed E-state index contributed by atoms with van der Waals surface area (Å²) in [6.07, 6.45) is 0. The van der Waals surface area contributed by atoms with E-state index in [1.165, 1.54) is 0 Å². The van der Waals surface area contributed by atoms with Gasteiger partial charge in [0.05, 0.1) is 13.1 Å². The van der Waals surface area contributed by atoms with E-state index in [-0.39, 0.29) is 0 Å². The molecule has 0 N–H and O–H groups in total. The Labute approximate surface area is 112 Å². The first kappa shape index (κ1) is 12.7. The third kappa shape index (κ3) is 2.56. The number of hydrogen-bond acceptors (Lipinski definition) is 1. The molecule has 0 fully saturated rings. The van der Waals surface area contributed by atoms with E-state index in [4.69, 9.17) is 17.9 Å². The summed E-state index contributed by atoms with van der Waals surface area (Å²) in [5.41, 5.74) is 2.91. The van der Waals surface area contributed by atoms with Crippen molar-refractivity contribution in [3.63, 3.8) is 0 Å². The maximum Gasteiger partial charge on any atom is 0.193 e. The molecule has 0 unspecified atom stereocenters. The predicted octanol–water partition coefficient (Wildman–Crippen LogP) is 5.20. The summed E-state index contributed by atoms with van der Waals surface area (Å²) in [6, 6.07) is 10.7. The lowest BCUT2D eigenvalue weighted by atomic mass is 10.1. The summed E-state index contributed by atoms with van der Waals surface area (Å²) in [4.78, 5) is 6.83. The molecular weight excluding hydrogens is 236 g/mol. The van der Waals surface area contributed by atoms with E-state index in [0.717, 1.165) is 11.1 Å². The van der Waals surface area contributed by atoms with Crippen LogP contribution in [0.2, 0.25) is 0 Å². The maximum atomic E-state index is 7.09. The van der Waals surface area contributed by atoms with Crippen LogP contribution in [-0.2, 0) is 0 Å². The van der Waals surface area contributed by atoms with Crippen molar-refractivity contribution in [3.05, 3.63) is 70.4 Å². The van der Waals surface area contributed by atoms with Crippen LogP contribution in [0.4, 0.5) is 11.4 Å². The Kier molecular flexibility index (Phi) is 3.50. The number of rotatable bonds is 2. The fraction of sp³-hybridized carbons (Fsp3) is 0.125. The van der Waals surface area contributed by atoms with Gasteiger partial charge < -0.3 is 4.74 Å². The summed E-state index contributed by atoms with van der Waals surface area (Å²) >= 11 is 0. The van der Waals surface area contributed by atoms with E-state index < -0.39 is 0 Å². The molecule has 0 aliphatic heterocycles. The molecule has 2 aromatic rings. The zero-order valence-electron chi connectivity index (χ0n) is 10.8. The smallest absolute Gasteiger partial charge is 0.193 e. The van der Waals surface area contributed by atoms with Gasteiger partial charge in [0.1, 0.15) is 11.5 Å². The highest BCUT2D eigenvalue weighted by Gasteiger charge is 2.07. The highest BCUT2D eigenvalue weighted by Crippen LogP contribution is 2.33. The van der Waals surface area contributed by atoms with Gasteiger partial charge in [-0.25, -0.2) is 9.69 Å². The van der Waals surface area contributed by atoms with Crippen LogP contribution in [0.3, 0.4) is 0 Å². The van der Waals surface area contributed by atoms with Crippen molar-refractivity contribution in [1.82, 2.24) is 0 Å². The average molecular weight is 248 g/mol. The van der Waals surface area contributed by atoms with Gasteiger partial charge in [-0.1, -0.05) is 18.2 Å². The molecule has 0 bridgehead atoms. The lowest BCUT2D eigenvalue weighted by molar-refractivity contribution is 0.476. The minimum Gasteiger partial charge on any atom is -0.458 e. The maximum absolute atomic E-state index is 7.09. The molecule has 0 aliphatic carbocycles. The average Bonchev–Trinajstić information content (AvgIpc) is 2.43. The second-order valence-electron chi connectivity index (χ2n) is 4.18. The van der Waals surface area contributed by atoms with Gasteiger partial charge in [-0.05, 0) is 43.2 Å². The number of aryl methyl sites for hydroxylation is 1. The Morgan fingerprint density at radius 1 is 0.947 bits per heavy atom. The second-order valence-corrected chi connectivity index (χ2v) is 4.18. The molecule has 0 radical (unpaired) electrons. The van der Waals surface area contributed by atoms with Crippen molar-refractivity contribution < 1.29 is 4.74 Å². The van der Waals surface area contributed by atoms with E-state index in [2.05, 4.69) is 9.69 Å². The molecule has 0 amide bonds. The standard InChI is InChI=1S/C16H12N2O/c1-11-10-13(17-3)8-9-15(11)19-16-7-5-6-14(18-4)12(16)2/h5-10H,1-2H3. The zero-order chi connectivity index (χ0) is 13.8. The summed E-state index contributed by atoms with van der Waals surface area (Å²) in [6.45, 7) is 17.8. The van der Waals surface area contributed by atoms with E-state index in [1.54, 1.807) is 30.3 Å². The van der Waals surface area contributed by atoms with E-state index in [0.29, 0.717) is 22.9 Å². The minimum atomic E-state index is 0.591. The number of benzene rings is 2. The van der Waals surface area contributed by atoms with Gasteiger partial charge in [0.15, 0.2) is 11.4 Å². The molecular formula is C16H12N2O. The summed E-state index contributed by atoms with van der Waals surface area (Å²) < 4.78 is 5.84. The van der Waals surface area contributed by atoms with Gasteiger partial charge in [0.2, 0.25) is 0 Å². The molecule has 0 heterocycles. The van der Waals surface area contributed by atoms with Crippen molar-refractivity contribution in [2.75, 3.05) is 0 Å². The molecule has 0 saturated heterocycles. The first-order valence-corrected chi connectivity index (χ1v) is 5.78. The molecule has 0 saturated carbocycles. The van der Waals surface area contributed by atoms with Gasteiger partial charge in [-0.15, -0.1) is 0 Å². The Bertz CT molecular complexity index is 706. The molecule has 3 heteroatoms. The van der Waals surface area contributed by atoms with Crippen molar-refractivity contribution in [1.29, 1.82) is 0 Å². The third-order valence-electron chi connectivity index (χ3n) is 2.88. The highest BCUT2D eigenvalue weighted by atomic mass is 16.5. The minimum absolute atomic E-state index is 0.591. The molecule has 19 heavy (non-hydrogen) atoms. The fourth-order valence-electron chi connectivity index (χ4n) is 1.77. The van der Waals surface area contributed by atoms with Crippen LogP contribution in [0.15, 0.2) is 36.4 Å². The van der Waals surface area contributed by atoms with Crippen LogP contribution in [0.5, 0.6) is 11.5 Å². The van der Waals surface area contributed by atoms with Crippen LogP contribution in [-0.4, -0.2) is 0 Å². The molecule has 0 aromatic heterocycles. The van der Waals surface area contributed by atoms with Gasteiger partial charge >= 0.3 is 0 Å². The summed E-state index contributed by atoms with van der Waals surface area (Å²) in [7, 11) is 0. The van der Waals surface area contributed by atoms with Crippen molar-refractivity contribution in [2.24, 2.45) is 0 Å². The number of hydrogen-bond donors (Lipinski definition) is 0. The Morgan fingerprint density at radius 2 is 1.74 bits per heavy atom.